The van der Waals surface area contributed by atoms with Crippen LogP contribution in [-0.2, 0) is 27.2 Å². The summed E-state index contributed by atoms with van der Waals surface area (Å²) in [5.74, 6) is -1.31. The molecule has 1 aromatic carbocycles. The smallest absolute Gasteiger partial charge is 0.328 e. The van der Waals surface area contributed by atoms with E-state index in [1.165, 1.54) is 18.2 Å². The van der Waals surface area contributed by atoms with Gasteiger partial charge in [0.2, 0.25) is 0 Å². The van der Waals surface area contributed by atoms with E-state index in [-0.39, 0.29) is 33.9 Å². The van der Waals surface area contributed by atoms with Crippen molar-refractivity contribution < 1.29 is 42.5 Å². The fourth-order valence-corrected chi connectivity index (χ4v) is 0.834. The van der Waals surface area contributed by atoms with Gasteiger partial charge in [-0.05, 0) is 18.2 Å². The predicted octanol–water partition coefficient (Wildman–Crippen LogP) is 1.19. The molecule has 0 atom stereocenters. The first kappa shape index (κ1) is 12.8. The molecular weight excluding hydrogens is 280 g/mol. The van der Waals surface area contributed by atoms with Gasteiger partial charge in [-0.15, -0.1) is 0 Å². The maximum absolute atomic E-state index is 10.1. The molecule has 0 aromatic heterocycles. The Balaban J connectivity index is 0.00000169. The monoisotopic (exact) mass is 287 g/mol. The number of aromatic hydroxyl groups is 2. The molecule has 0 aliphatic rings. The number of rotatable bonds is 2. The average Bonchev–Trinajstić information content (AvgIpc) is 2.02. The second-order valence-corrected chi connectivity index (χ2v) is 2.41. The van der Waals surface area contributed by atoms with Crippen LogP contribution in [-0.4, -0.2) is 21.3 Å². The van der Waals surface area contributed by atoms with Crippen LogP contribution in [0.5, 0.6) is 11.5 Å². The van der Waals surface area contributed by atoms with E-state index >= 15 is 0 Å². The molecule has 4 nitrogen and oxygen atoms in total. The van der Waals surface area contributed by atoms with Crippen molar-refractivity contribution >= 4 is 12.0 Å². The third-order valence-electron chi connectivity index (χ3n) is 1.42. The van der Waals surface area contributed by atoms with Gasteiger partial charge in [-0.2, -0.15) is 0 Å². The minimum atomic E-state index is -1.09. The molecule has 0 saturated heterocycles. The van der Waals surface area contributed by atoms with Gasteiger partial charge in [-0.3, -0.25) is 0 Å². The molecule has 3 N–H and O–H groups in total. The number of carboxylic acid groups (broad SMARTS) is 1. The van der Waals surface area contributed by atoms with Crippen molar-refractivity contribution in [1.82, 2.24) is 0 Å². The van der Waals surface area contributed by atoms with Crippen molar-refractivity contribution in [2.75, 3.05) is 0 Å². The molecule has 1 rings (SSSR count). The molecule has 0 aliphatic heterocycles. The summed E-state index contributed by atoms with van der Waals surface area (Å²) in [7, 11) is 0. The molecule has 1 radical (unpaired) electrons. The van der Waals surface area contributed by atoms with Crippen LogP contribution in [0.1, 0.15) is 5.56 Å². The van der Waals surface area contributed by atoms with Crippen molar-refractivity contribution in [3.8, 4) is 11.5 Å². The number of phenolic OH excluding ortho intramolecular Hbond substituents is 2. The standard InChI is InChI=1S/C9H8O4.Ag/c10-7-3-1-6(8(11)5-7)2-4-9(12)13;/h1-5,10-11H,(H,12,13);/b4-2+;. The Hall–Kier alpha value is -1.23. The Morgan fingerprint density at radius 2 is 1.93 bits per heavy atom. The number of aliphatic carboxylic acids is 1. The van der Waals surface area contributed by atoms with E-state index in [0.717, 1.165) is 12.1 Å². The van der Waals surface area contributed by atoms with Crippen LogP contribution < -0.4 is 0 Å². The van der Waals surface area contributed by atoms with Gasteiger partial charge in [0.15, 0.2) is 0 Å². The number of carbonyl (C=O) groups is 1. The topological polar surface area (TPSA) is 77.8 Å². The first-order valence-corrected chi connectivity index (χ1v) is 3.52. The number of hydrogen-bond donors (Lipinski definition) is 3. The molecule has 0 fully saturated rings. The van der Waals surface area contributed by atoms with Gasteiger partial charge in [0.1, 0.15) is 11.5 Å². The van der Waals surface area contributed by atoms with Gasteiger partial charge < -0.3 is 15.3 Å². The van der Waals surface area contributed by atoms with Crippen LogP contribution in [0.15, 0.2) is 24.3 Å². The number of carboxylic acids is 1. The van der Waals surface area contributed by atoms with E-state index in [2.05, 4.69) is 0 Å². The molecule has 0 aliphatic carbocycles. The summed E-state index contributed by atoms with van der Waals surface area (Å²) < 4.78 is 0. The van der Waals surface area contributed by atoms with Gasteiger partial charge >= 0.3 is 5.97 Å². The molecule has 0 amide bonds. The number of phenols is 2. The van der Waals surface area contributed by atoms with Gasteiger partial charge in [0, 0.05) is 40.1 Å². The van der Waals surface area contributed by atoms with E-state index in [0.29, 0.717) is 5.56 Å². The maximum atomic E-state index is 10.1. The summed E-state index contributed by atoms with van der Waals surface area (Å²) in [5, 5.41) is 26.4. The quantitative estimate of drug-likeness (QED) is 0.564. The summed E-state index contributed by atoms with van der Waals surface area (Å²) in [4.78, 5) is 10.1. The average molecular weight is 288 g/mol. The van der Waals surface area contributed by atoms with Crippen LogP contribution in [0, 0.1) is 0 Å². The third-order valence-corrected chi connectivity index (χ3v) is 1.42. The normalized spacial score (nSPS) is 9.71. The zero-order chi connectivity index (χ0) is 9.84. The molecule has 0 spiro atoms. The van der Waals surface area contributed by atoms with E-state index in [1.54, 1.807) is 0 Å². The van der Waals surface area contributed by atoms with Crippen molar-refractivity contribution in [3.05, 3.63) is 29.8 Å². The molecule has 0 unspecified atom stereocenters. The number of hydrogen-bond acceptors (Lipinski definition) is 3. The van der Waals surface area contributed by atoms with E-state index in [4.69, 9.17) is 10.2 Å². The second kappa shape index (κ2) is 5.49. The van der Waals surface area contributed by atoms with Crippen molar-refractivity contribution in [3.63, 3.8) is 0 Å². The first-order valence-electron chi connectivity index (χ1n) is 3.52. The Morgan fingerprint density at radius 1 is 1.29 bits per heavy atom. The zero-order valence-corrected chi connectivity index (χ0v) is 8.42. The molecule has 0 bridgehead atoms. The summed E-state index contributed by atoms with van der Waals surface area (Å²) >= 11 is 0. The number of benzene rings is 1. The molecule has 5 heteroatoms. The molecule has 0 saturated carbocycles. The summed E-state index contributed by atoms with van der Waals surface area (Å²) in [6, 6.07) is 3.92. The van der Waals surface area contributed by atoms with Gasteiger partial charge in [-0.1, -0.05) is 0 Å². The maximum Gasteiger partial charge on any atom is 0.328 e. The molecular formula is C9H8AgO4. The van der Waals surface area contributed by atoms with Crippen LogP contribution in [0.2, 0.25) is 0 Å². The van der Waals surface area contributed by atoms with E-state index in [1.807, 2.05) is 0 Å². The van der Waals surface area contributed by atoms with Gasteiger partial charge in [0.05, 0.1) is 0 Å². The Morgan fingerprint density at radius 3 is 2.43 bits per heavy atom. The zero-order valence-electron chi connectivity index (χ0n) is 6.94. The van der Waals surface area contributed by atoms with Crippen LogP contribution >= 0.6 is 0 Å². The van der Waals surface area contributed by atoms with Gasteiger partial charge in [-0.25, -0.2) is 4.79 Å². The molecule has 1 aromatic rings. The summed E-state index contributed by atoms with van der Waals surface area (Å²) in [6.45, 7) is 0. The van der Waals surface area contributed by atoms with E-state index in [9.17, 15) is 9.90 Å². The van der Waals surface area contributed by atoms with Crippen molar-refractivity contribution in [2.45, 2.75) is 0 Å². The van der Waals surface area contributed by atoms with Crippen molar-refractivity contribution in [1.29, 1.82) is 0 Å². The van der Waals surface area contributed by atoms with Crippen molar-refractivity contribution in [2.24, 2.45) is 0 Å². The van der Waals surface area contributed by atoms with Crippen LogP contribution in [0.4, 0.5) is 0 Å². The second-order valence-electron chi connectivity index (χ2n) is 2.41. The Bertz CT molecular complexity index is 360. The largest absolute Gasteiger partial charge is 0.508 e. The minimum absolute atomic E-state index is 0. The van der Waals surface area contributed by atoms with Crippen LogP contribution in [0.25, 0.3) is 6.08 Å². The van der Waals surface area contributed by atoms with E-state index < -0.39 is 5.97 Å². The molecule has 79 valence electrons. The summed E-state index contributed by atoms with van der Waals surface area (Å²) in [5.41, 5.74) is 0.347. The fourth-order valence-electron chi connectivity index (χ4n) is 0.834. The molecule has 14 heavy (non-hydrogen) atoms. The Kier molecular flexibility index (Phi) is 5.01. The third kappa shape index (κ3) is 3.66. The fraction of sp³-hybridized carbons (Fsp3) is 0. The van der Waals surface area contributed by atoms with Crippen LogP contribution in [0.3, 0.4) is 0 Å². The summed E-state index contributed by atoms with van der Waals surface area (Å²) in [6.07, 6.45) is 2.16. The predicted molar refractivity (Wildman–Crippen MR) is 46.4 cm³/mol. The molecule has 0 heterocycles. The SMILES string of the molecule is O=C(O)/C=C/c1ccc(O)cc1O.[Ag]. The van der Waals surface area contributed by atoms with Gasteiger partial charge in [0.25, 0.3) is 0 Å². The first-order chi connectivity index (χ1) is 6.09. The Labute approximate surface area is 96.0 Å². The minimum Gasteiger partial charge on any atom is -0.508 e.